The number of hydrogen-bond donors (Lipinski definition) is 1. The lowest BCUT2D eigenvalue weighted by atomic mass is 9.97. The minimum Gasteiger partial charge on any atom is -0.329 e. The largest absolute Gasteiger partial charge is 0.329 e. The van der Waals surface area contributed by atoms with Crippen molar-refractivity contribution in [2.75, 3.05) is 31.6 Å². The van der Waals surface area contributed by atoms with E-state index < -0.39 is 10.0 Å². The fourth-order valence-electron chi connectivity index (χ4n) is 2.68. The van der Waals surface area contributed by atoms with Crippen molar-refractivity contribution < 1.29 is 8.42 Å². The Kier molecular flexibility index (Phi) is 5.71. The Morgan fingerprint density at radius 2 is 1.86 bits per heavy atom. The molecule has 1 aromatic rings. The maximum atomic E-state index is 12.4. The van der Waals surface area contributed by atoms with E-state index in [0.717, 1.165) is 18.4 Å². The smallest absolute Gasteiger partial charge is 0.214 e. The van der Waals surface area contributed by atoms with Crippen LogP contribution in [0.1, 0.15) is 18.4 Å². The van der Waals surface area contributed by atoms with E-state index in [-0.39, 0.29) is 10.5 Å². The van der Waals surface area contributed by atoms with Gasteiger partial charge in [-0.05, 0) is 31.1 Å². The van der Waals surface area contributed by atoms with Crippen LogP contribution in [-0.2, 0) is 16.4 Å². The fourth-order valence-corrected chi connectivity index (χ4v) is 4.93. The Hall–Kier alpha value is -0.560. The van der Waals surface area contributed by atoms with Crippen LogP contribution >= 0.6 is 11.8 Å². The molecule has 118 valence electrons. The first-order valence-corrected chi connectivity index (χ1v) is 10.1. The second kappa shape index (κ2) is 7.13. The highest BCUT2D eigenvalue weighted by Crippen LogP contribution is 2.34. The molecule has 2 rings (SSSR count). The van der Waals surface area contributed by atoms with Crippen molar-refractivity contribution in [2.24, 2.45) is 5.73 Å². The Bertz CT molecular complexity index is 532. The van der Waals surface area contributed by atoms with Crippen molar-refractivity contribution in [1.82, 2.24) is 4.31 Å². The Morgan fingerprint density at radius 1 is 1.24 bits per heavy atom. The third kappa shape index (κ3) is 4.22. The summed E-state index contributed by atoms with van der Waals surface area (Å²) in [5.74, 6) is 0.186. The maximum absolute atomic E-state index is 12.4. The average Bonchev–Trinajstić information content (AvgIpc) is 2.54. The SMILES string of the molecule is CSC1(CN)CCN(S(=O)(=O)CCc2ccccc2)CC1. The lowest BCUT2D eigenvalue weighted by Crippen LogP contribution is -2.48. The first-order valence-electron chi connectivity index (χ1n) is 7.28. The molecule has 6 heteroatoms. The van der Waals surface area contributed by atoms with E-state index in [9.17, 15) is 8.42 Å². The standard InChI is InChI=1S/C15H24N2O2S2/c1-20-15(13-16)8-10-17(11-9-15)21(18,19)12-7-14-5-3-2-4-6-14/h2-6H,7-13,16H2,1H3. The van der Waals surface area contributed by atoms with Crippen LogP contribution in [-0.4, -0.2) is 49.1 Å². The number of hydrogen-bond acceptors (Lipinski definition) is 4. The molecule has 0 unspecified atom stereocenters. The minimum atomic E-state index is -3.16. The van der Waals surface area contributed by atoms with Crippen LogP contribution in [0.25, 0.3) is 0 Å². The summed E-state index contributed by atoms with van der Waals surface area (Å²) in [4.78, 5) is 0. The molecule has 0 radical (unpaired) electrons. The molecule has 0 saturated carbocycles. The van der Waals surface area contributed by atoms with Crippen LogP contribution in [0.4, 0.5) is 0 Å². The van der Waals surface area contributed by atoms with E-state index in [1.54, 1.807) is 16.1 Å². The third-order valence-corrected chi connectivity index (χ3v) is 7.64. The summed E-state index contributed by atoms with van der Waals surface area (Å²) in [6.45, 7) is 1.80. The summed E-state index contributed by atoms with van der Waals surface area (Å²) < 4.78 is 26.6. The number of nitrogens with zero attached hydrogens (tertiary/aromatic N) is 1. The minimum absolute atomic E-state index is 0.0610. The summed E-state index contributed by atoms with van der Waals surface area (Å²) in [6.07, 6.45) is 4.32. The lowest BCUT2D eigenvalue weighted by Gasteiger charge is -2.39. The van der Waals surface area contributed by atoms with Crippen LogP contribution in [0.2, 0.25) is 0 Å². The predicted octanol–water partition coefficient (Wildman–Crippen LogP) is 1.72. The molecular formula is C15H24N2O2S2. The van der Waals surface area contributed by atoms with Crippen LogP contribution in [0.15, 0.2) is 30.3 Å². The number of rotatable bonds is 6. The van der Waals surface area contributed by atoms with Gasteiger partial charge in [0.1, 0.15) is 0 Å². The first kappa shape index (κ1) is 16.8. The van der Waals surface area contributed by atoms with Gasteiger partial charge >= 0.3 is 0 Å². The zero-order chi connectivity index (χ0) is 15.3. The molecule has 4 nitrogen and oxygen atoms in total. The van der Waals surface area contributed by atoms with E-state index in [1.807, 2.05) is 30.3 Å². The van der Waals surface area contributed by atoms with Gasteiger partial charge in [0.25, 0.3) is 0 Å². The van der Waals surface area contributed by atoms with E-state index >= 15 is 0 Å². The molecule has 0 spiro atoms. The predicted molar refractivity (Wildman–Crippen MR) is 90.0 cm³/mol. The van der Waals surface area contributed by atoms with Crippen molar-refractivity contribution in [1.29, 1.82) is 0 Å². The van der Waals surface area contributed by atoms with E-state index in [1.165, 1.54) is 0 Å². The molecule has 1 aliphatic heterocycles. The van der Waals surface area contributed by atoms with E-state index in [4.69, 9.17) is 5.73 Å². The molecule has 1 fully saturated rings. The maximum Gasteiger partial charge on any atom is 0.214 e. The van der Waals surface area contributed by atoms with Crippen molar-refractivity contribution in [2.45, 2.75) is 24.0 Å². The Morgan fingerprint density at radius 3 is 2.38 bits per heavy atom. The van der Waals surface area contributed by atoms with E-state index in [2.05, 4.69) is 6.26 Å². The van der Waals surface area contributed by atoms with Gasteiger partial charge in [0.2, 0.25) is 10.0 Å². The molecule has 1 saturated heterocycles. The van der Waals surface area contributed by atoms with Gasteiger partial charge in [-0.1, -0.05) is 30.3 Å². The van der Waals surface area contributed by atoms with Crippen molar-refractivity contribution >= 4 is 21.8 Å². The number of piperidine rings is 1. The zero-order valence-corrected chi connectivity index (χ0v) is 14.1. The van der Waals surface area contributed by atoms with Crippen molar-refractivity contribution in [3.63, 3.8) is 0 Å². The van der Waals surface area contributed by atoms with Gasteiger partial charge in [-0.25, -0.2) is 12.7 Å². The molecular weight excluding hydrogens is 304 g/mol. The molecule has 2 N–H and O–H groups in total. The molecule has 21 heavy (non-hydrogen) atoms. The van der Waals surface area contributed by atoms with Crippen LogP contribution in [0.5, 0.6) is 0 Å². The van der Waals surface area contributed by atoms with Gasteiger partial charge in [0.15, 0.2) is 0 Å². The van der Waals surface area contributed by atoms with Gasteiger partial charge in [0.05, 0.1) is 5.75 Å². The normalized spacial score (nSPS) is 19.5. The first-order chi connectivity index (χ1) is 10.0. The lowest BCUT2D eigenvalue weighted by molar-refractivity contribution is 0.301. The second-order valence-corrected chi connectivity index (χ2v) is 8.90. The van der Waals surface area contributed by atoms with E-state index in [0.29, 0.717) is 26.1 Å². The fraction of sp³-hybridized carbons (Fsp3) is 0.600. The third-order valence-electron chi connectivity index (χ3n) is 4.32. The van der Waals surface area contributed by atoms with Gasteiger partial charge < -0.3 is 5.73 Å². The summed E-state index contributed by atoms with van der Waals surface area (Å²) in [6, 6.07) is 9.77. The van der Waals surface area contributed by atoms with Crippen LogP contribution in [0.3, 0.4) is 0 Å². The Labute approximate surface area is 132 Å². The topological polar surface area (TPSA) is 63.4 Å². The van der Waals surface area contributed by atoms with Crippen LogP contribution in [0, 0.1) is 0 Å². The van der Waals surface area contributed by atoms with Crippen molar-refractivity contribution in [3.8, 4) is 0 Å². The quantitative estimate of drug-likeness (QED) is 0.863. The summed E-state index contributed by atoms with van der Waals surface area (Å²) in [5, 5.41) is 0. The van der Waals surface area contributed by atoms with Crippen LogP contribution < -0.4 is 5.73 Å². The summed E-state index contributed by atoms with van der Waals surface area (Å²) in [7, 11) is -3.16. The highest BCUT2D eigenvalue weighted by Gasteiger charge is 2.36. The molecule has 0 aliphatic carbocycles. The zero-order valence-electron chi connectivity index (χ0n) is 12.5. The molecule has 1 aliphatic rings. The highest BCUT2D eigenvalue weighted by atomic mass is 32.2. The molecule has 0 bridgehead atoms. The Balaban J connectivity index is 1.92. The number of sulfonamides is 1. The van der Waals surface area contributed by atoms with Gasteiger partial charge in [-0.2, -0.15) is 11.8 Å². The monoisotopic (exact) mass is 328 g/mol. The van der Waals surface area contributed by atoms with Crippen molar-refractivity contribution in [3.05, 3.63) is 35.9 Å². The number of nitrogens with two attached hydrogens (primary N) is 1. The number of aryl methyl sites for hydroxylation is 1. The highest BCUT2D eigenvalue weighted by molar-refractivity contribution is 8.00. The van der Waals surface area contributed by atoms with Gasteiger partial charge in [0, 0.05) is 24.4 Å². The van der Waals surface area contributed by atoms with Gasteiger partial charge in [-0.15, -0.1) is 0 Å². The molecule has 1 aromatic carbocycles. The van der Waals surface area contributed by atoms with Gasteiger partial charge in [-0.3, -0.25) is 0 Å². The molecule has 0 atom stereocenters. The summed E-state index contributed by atoms with van der Waals surface area (Å²) in [5.41, 5.74) is 6.92. The molecule has 1 heterocycles. The molecule has 0 aromatic heterocycles. The average molecular weight is 329 g/mol. The number of thioether (sulfide) groups is 1. The number of benzene rings is 1. The second-order valence-electron chi connectivity index (χ2n) is 5.54. The summed E-state index contributed by atoms with van der Waals surface area (Å²) >= 11 is 1.77. The molecule has 0 amide bonds.